The normalized spacial score (nSPS) is 13.5. The van der Waals surface area contributed by atoms with Gasteiger partial charge in [-0.1, -0.05) is 50.2 Å². The van der Waals surface area contributed by atoms with Gasteiger partial charge in [-0.25, -0.2) is 0 Å². The van der Waals surface area contributed by atoms with Crippen LogP contribution in [0.15, 0.2) is 52.8 Å². The lowest BCUT2D eigenvalue weighted by atomic mass is 9.91. The molecule has 25 heavy (non-hydrogen) atoms. The van der Waals surface area contributed by atoms with Crippen LogP contribution in [0.3, 0.4) is 0 Å². The van der Waals surface area contributed by atoms with Gasteiger partial charge in [-0.15, -0.1) is 11.3 Å². The Balaban J connectivity index is 1.72. The summed E-state index contributed by atoms with van der Waals surface area (Å²) in [6.45, 7) is 5.86. The van der Waals surface area contributed by atoms with E-state index in [4.69, 9.17) is 0 Å². The zero-order valence-corrected chi connectivity index (χ0v) is 16.8. The van der Waals surface area contributed by atoms with Gasteiger partial charge >= 0.3 is 0 Å². The van der Waals surface area contributed by atoms with E-state index in [1.165, 1.54) is 4.88 Å². The number of rotatable bonds is 8. The molecule has 0 aliphatic heterocycles. The van der Waals surface area contributed by atoms with E-state index in [0.29, 0.717) is 18.1 Å². The third-order valence-corrected chi connectivity index (χ3v) is 6.45. The second kappa shape index (κ2) is 9.73. The van der Waals surface area contributed by atoms with Crippen molar-refractivity contribution in [2.24, 2.45) is 4.99 Å². The fourth-order valence-corrected chi connectivity index (χ4v) is 4.28. The summed E-state index contributed by atoms with van der Waals surface area (Å²) in [5.41, 5.74) is 1.16. The summed E-state index contributed by atoms with van der Waals surface area (Å²) >= 11 is 1.77. The average Bonchev–Trinajstić information content (AvgIpc) is 3.14. The molecule has 0 aliphatic carbocycles. The maximum absolute atomic E-state index is 12.2. The Hall–Kier alpha value is -1.66. The Morgan fingerprint density at radius 2 is 1.92 bits per heavy atom. The van der Waals surface area contributed by atoms with Crippen molar-refractivity contribution >= 4 is 28.1 Å². The molecule has 0 amide bonds. The highest BCUT2D eigenvalue weighted by Crippen LogP contribution is 2.26. The molecule has 0 saturated heterocycles. The van der Waals surface area contributed by atoms with Crippen molar-refractivity contribution in [2.75, 3.05) is 25.9 Å². The predicted molar refractivity (Wildman–Crippen MR) is 110 cm³/mol. The molecule has 0 bridgehead atoms. The van der Waals surface area contributed by atoms with Gasteiger partial charge < -0.3 is 10.6 Å². The second-order valence-electron chi connectivity index (χ2n) is 6.49. The van der Waals surface area contributed by atoms with E-state index in [1.807, 2.05) is 30.3 Å². The quantitative estimate of drug-likeness (QED) is 0.549. The van der Waals surface area contributed by atoms with Gasteiger partial charge in [0.05, 0.1) is 0 Å². The molecule has 0 aliphatic rings. The van der Waals surface area contributed by atoms with Crippen LogP contribution in [0.1, 0.15) is 24.3 Å². The van der Waals surface area contributed by atoms with Gasteiger partial charge in [0.15, 0.2) is 5.96 Å². The Bertz CT molecular complexity index is 682. The number of thiophene rings is 1. The van der Waals surface area contributed by atoms with Gasteiger partial charge in [-0.3, -0.25) is 9.20 Å². The summed E-state index contributed by atoms with van der Waals surface area (Å²) < 4.78 is 12.2. The molecule has 136 valence electrons. The van der Waals surface area contributed by atoms with Crippen molar-refractivity contribution in [2.45, 2.75) is 25.0 Å². The van der Waals surface area contributed by atoms with Gasteiger partial charge in [0.2, 0.25) is 0 Å². The Morgan fingerprint density at radius 3 is 2.56 bits per heavy atom. The van der Waals surface area contributed by atoms with Crippen LogP contribution in [-0.2, 0) is 22.0 Å². The lowest BCUT2D eigenvalue weighted by Gasteiger charge is -2.25. The fraction of sp³-hybridized carbons (Fsp3) is 0.421. The molecule has 1 unspecified atom stereocenters. The molecular weight excluding hydrogens is 350 g/mol. The van der Waals surface area contributed by atoms with Gasteiger partial charge in [0.1, 0.15) is 0 Å². The van der Waals surface area contributed by atoms with Crippen LogP contribution in [0.25, 0.3) is 0 Å². The summed E-state index contributed by atoms with van der Waals surface area (Å²) in [5, 5.41) is 8.72. The molecule has 1 heterocycles. The standard InChI is InChI=1S/C19H27N3OS2/c1-19(2,17-10-7-12-24-17)15-22-18(20-3)21-11-13-25(23)14-16-8-5-4-6-9-16/h4-10,12H,11,13-15H2,1-3H3,(H2,20,21,22). The third-order valence-electron chi connectivity index (χ3n) is 3.90. The highest BCUT2D eigenvalue weighted by Gasteiger charge is 2.21. The average molecular weight is 378 g/mol. The van der Waals surface area contributed by atoms with Crippen molar-refractivity contribution in [3.05, 3.63) is 58.3 Å². The number of hydrogen-bond donors (Lipinski definition) is 2. The molecule has 0 spiro atoms. The number of nitrogens with zero attached hydrogens (tertiary/aromatic N) is 1. The third kappa shape index (κ3) is 6.63. The van der Waals surface area contributed by atoms with Gasteiger partial charge in [0, 0.05) is 52.7 Å². The van der Waals surface area contributed by atoms with E-state index in [0.717, 1.165) is 18.1 Å². The largest absolute Gasteiger partial charge is 0.356 e. The zero-order valence-electron chi connectivity index (χ0n) is 15.1. The van der Waals surface area contributed by atoms with E-state index < -0.39 is 10.8 Å². The summed E-state index contributed by atoms with van der Waals surface area (Å²) in [6, 6.07) is 14.2. The van der Waals surface area contributed by atoms with Crippen LogP contribution < -0.4 is 10.6 Å². The first-order chi connectivity index (χ1) is 12.0. The van der Waals surface area contributed by atoms with Crippen LogP contribution in [0.4, 0.5) is 0 Å². The summed E-state index contributed by atoms with van der Waals surface area (Å²) in [6.07, 6.45) is 0. The van der Waals surface area contributed by atoms with Crippen molar-refractivity contribution in [1.29, 1.82) is 0 Å². The zero-order chi connectivity index (χ0) is 18.1. The van der Waals surface area contributed by atoms with Crippen LogP contribution in [0, 0.1) is 0 Å². The smallest absolute Gasteiger partial charge is 0.191 e. The number of benzene rings is 1. The minimum atomic E-state index is -0.878. The molecule has 0 fully saturated rings. The molecule has 1 aromatic heterocycles. The minimum absolute atomic E-state index is 0.0436. The molecule has 2 N–H and O–H groups in total. The first-order valence-corrected chi connectivity index (χ1v) is 10.8. The van der Waals surface area contributed by atoms with E-state index in [1.54, 1.807) is 18.4 Å². The lowest BCUT2D eigenvalue weighted by molar-refractivity contribution is 0.519. The summed E-state index contributed by atoms with van der Waals surface area (Å²) in [4.78, 5) is 5.60. The number of guanidine groups is 1. The van der Waals surface area contributed by atoms with Crippen LogP contribution >= 0.6 is 11.3 Å². The van der Waals surface area contributed by atoms with Crippen molar-refractivity contribution in [3.8, 4) is 0 Å². The maximum Gasteiger partial charge on any atom is 0.191 e. The molecule has 0 radical (unpaired) electrons. The van der Waals surface area contributed by atoms with Crippen LogP contribution in [-0.4, -0.2) is 36.1 Å². The van der Waals surface area contributed by atoms with Crippen molar-refractivity contribution < 1.29 is 4.21 Å². The first kappa shape index (κ1) is 19.7. The van der Waals surface area contributed by atoms with E-state index in [-0.39, 0.29) is 5.41 Å². The highest BCUT2D eigenvalue weighted by molar-refractivity contribution is 7.84. The SMILES string of the molecule is CN=C(NCCS(=O)Cc1ccccc1)NCC(C)(C)c1cccs1. The van der Waals surface area contributed by atoms with Crippen LogP contribution in [0.2, 0.25) is 0 Å². The monoisotopic (exact) mass is 377 g/mol. The molecule has 1 aromatic carbocycles. The Kier molecular flexibility index (Phi) is 7.65. The molecule has 4 nitrogen and oxygen atoms in total. The van der Waals surface area contributed by atoms with Gasteiger partial charge in [0.25, 0.3) is 0 Å². The predicted octanol–water partition coefficient (Wildman–Crippen LogP) is 3.14. The Morgan fingerprint density at radius 1 is 1.16 bits per heavy atom. The molecule has 0 saturated carbocycles. The molecule has 1 atom stereocenters. The molecular formula is C19H27N3OS2. The van der Waals surface area contributed by atoms with E-state index in [9.17, 15) is 4.21 Å². The fourth-order valence-electron chi connectivity index (χ4n) is 2.39. The molecule has 2 rings (SSSR count). The summed E-state index contributed by atoms with van der Waals surface area (Å²) in [7, 11) is 0.880. The highest BCUT2D eigenvalue weighted by atomic mass is 32.2. The molecule has 6 heteroatoms. The van der Waals surface area contributed by atoms with Gasteiger partial charge in [-0.05, 0) is 17.0 Å². The summed E-state index contributed by atoms with van der Waals surface area (Å²) in [5.74, 6) is 1.95. The van der Waals surface area contributed by atoms with E-state index >= 15 is 0 Å². The first-order valence-electron chi connectivity index (χ1n) is 8.38. The van der Waals surface area contributed by atoms with Crippen LogP contribution in [0.5, 0.6) is 0 Å². The Labute approximate surface area is 157 Å². The molecule has 2 aromatic rings. The number of aliphatic imine (C=N–C) groups is 1. The van der Waals surface area contributed by atoms with Gasteiger partial charge in [-0.2, -0.15) is 0 Å². The number of nitrogens with one attached hydrogen (secondary N) is 2. The lowest BCUT2D eigenvalue weighted by Crippen LogP contribution is -2.44. The second-order valence-corrected chi connectivity index (χ2v) is 9.01. The van der Waals surface area contributed by atoms with Crippen molar-refractivity contribution in [3.63, 3.8) is 0 Å². The van der Waals surface area contributed by atoms with Crippen molar-refractivity contribution in [1.82, 2.24) is 10.6 Å². The minimum Gasteiger partial charge on any atom is -0.356 e. The number of hydrogen-bond acceptors (Lipinski definition) is 3. The maximum atomic E-state index is 12.2. The topological polar surface area (TPSA) is 53.5 Å². The van der Waals surface area contributed by atoms with E-state index in [2.05, 4.69) is 47.0 Å².